The molecule has 25 heavy (non-hydrogen) atoms. The highest BCUT2D eigenvalue weighted by atomic mass is 35.5. The first-order valence-corrected chi connectivity index (χ1v) is 7.78. The van der Waals surface area contributed by atoms with Crippen LogP contribution in [0.2, 0.25) is 0 Å². The zero-order chi connectivity index (χ0) is 17.7. The van der Waals surface area contributed by atoms with Gasteiger partial charge in [0.1, 0.15) is 0 Å². The second kappa shape index (κ2) is 9.05. The van der Waals surface area contributed by atoms with Crippen LogP contribution in [0.3, 0.4) is 0 Å². The van der Waals surface area contributed by atoms with Crippen molar-refractivity contribution < 1.29 is 22.8 Å². The quantitative estimate of drug-likeness (QED) is 0.842. The maximum absolute atomic E-state index is 12.5. The highest BCUT2D eigenvalue weighted by Crippen LogP contribution is 2.29. The fourth-order valence-electron chi connectivity index (χ4n) is 2.74. The van der Waals surface area contributed by atoms with Gasteiger partial charge < -0.3 is 16.0 Å². The van der Waals surface area contributed by atoms with E-state index in [-0.39, 0.29) is 36.5 Å². The van der Waals surface area contributed by atoms with Crippen molar-refractivity contribution in [3.8, 4) is 0 Å². The molecule has 0 radical (unpaired) electrons. The van der Waals surface area contributed by atoms with Crippen LogP contribution in [0.5, 0.6) is 0 Å². The van der Waals surface area contributed by atoms with Gasteiger partial charge >= 0.3 is 6.18 Å². The highest BCUT2D eigenvalue weighted by molar-refractivity contribution is 5.96. The van der Waals surface area contributed by atoms with Gasteiger partial charge in [-0.25, -0.2) is 0 Å². The topological polar surface area (TPSA) is 75.4 Å². The van der Waals surface area contributed by atoms with Crippen LogP contribution in [0.25, 0.3) is 0 Å². The third-order valence-corrected chi connectivity index (χ3v) is 4.09. The first kappa shape index (κ1) is 21.2. The number of benzene rings is 1. The second-order valence-corrected chi connectivity index (χ2v) is 5.73. The smallest absolute Gasteiger partial charge is 0.343 e. The summed E-state index contributed by atoms with van der Waals surface area (Å²) in [5.41, 5.74) is 4.90. The Bertz CT molecular complexity index is 593. The minimum atomic E-state index is -4.45. The van der Waals surface area contributed by atoms with E-state index in [9.17, 15) is 22.8 Å². The lowest BCUT2D eigenvalue weighted by Crippen LogP contribution is -2.50. The van der Waals surface area contributed by atoms with Gasteiger partial charge in [-0.15, -0.1) is 12.4 Å². The maximum atomic E-state index is 12.5. The number of nitrogens with two attached hydrogens (primary N) is 1. The molecule has 1 saturated heterocycles. The van der Waals surface area contributed by atoms with Crippen LogP contribution in [0.1, 0.15) is 35.2 Å². The number of nitrogens with zero attached hydrogens (tertiary/aromatic N) is 1. The molecule has 0 aromatic heterocycles. The number of likely N-dealkylation sites (tertiary alicyclic amines) is 1. The first-order chi connectivity index (χ1) is 11.3. The Morgan fingerprint density at radius 2 is 1.84 bits per heavy atom. The van der Waals surface area contributed by atoms with Gasteiger partial charge in [0.2, 0.25) is 5.91 Å². The van der Waals surface area contributed by atoms with Crippen molar-refractivity contribution in [3.05, 3.63) is 35.4 Å². The lowest BCUT2D eigenvalue weighted by Gasteiger charge is -2.35. The summed E-state index contributed by atoms with van der Waals surface area (Å²) in [5, 5.41) is 2.45. The molecule has 1 aromatic carbocycles. The van der Waals surface area contributed by atoms with Crippen molar-refractivity contribution in [2.75, 3.05) is 19.6 Å². The number of carbonyl (C=O) groups is 2. The van der Waals surface area contributed by atoms with Crippen molar-refractivity contribution in [2.45, 2.75) is 31.5 Å². The number of amides is 2. The normalized spacial score (nSPS) is 17.6. The molecule has 0 saturated carbocycles. The van der Waals surface area contributed by atoms with Gasteiger partial charge in [-0.05, 0) is 43.5 Å². The summed E-state index contributed by atoms with van der Waals surface area (Å²) >= 11 is 0. The third-order valence-electron chi connectivity index (χ3n) is 4.09. The van der Waals surface area contributed by atoms with Gasteiger partial charge in [-0.2, -0.15) is 13.2 Å². The molecule has 0 bridgehead atoms. The number of hydrogen-bond donors (Lipinski definition) is 2. The Balaban J connectivity index is 0.00000312. The molecule has 1 aliphatic heterocycles. The Kier molecular flexibility index (Phi) is 7.69. The maximum Gasteiger partial charge on any atom is 0.416 e. The van der Waals surface area contributed by atoms with Gasteiger partial charge in [-0.1, -0.05) is 0 Å². The highest BCUT2D eigenvalue weighted by Gasteiger charge is 2.30. The molecule has 0 aliphatic carbocycles. The summed E-state index contributed by atoms with van der Waals surface area (Å²) in [4.78, 5) is 25.8. The largest absolute Gasteiger partial charge is 0.416 e. The predicted octanol–water partition coefficient (Wildman–Crippen LogP) is 2.20. The minimum absolute atomic E-state index is 0. The Morgan fingerprint density at radius 1 is 1.20 bits per heavy atom. The van der Waals surface area contributed by atoms with E-state index in [1.807, 2.05) is 0 Å². The number of alkyl halides is 3. The second-order valence-electron chi connectivity index (χ2n) is 5.73. The summed E-state index contributed by atoms with van der Waals surface area (Å²) in [6.45, 7) is 0.784. The molecule has 1 fully saturated rings. The number of carbonyl (C=O) groups excluding carboxylic acids is 2. The van der Waals surface area contributed by atoms with Crippen LogP contribution in [0.15, 0.2) is 24.3 Å². The standard InChI is InChI=1S/C16H20F3N3O2.ClH/c17-16(18,19)12-6-4-11(5-7-12)15(24)21-10-14(23)22-8-2-1-3-13(22)9-20;/h4-7,13H,1-3,8-10,20H2,(H,21,24);1H. The zero-order valence-corrected chi connectivity index (χ0v) is 14.3. The van der Waals surface area contributed by atoms with E-state index in [1.54, 1.807) is 4.90 Å². The zero-order valence-electron chi connectivity index (χ0n) is 13.5. The lowest BCUT2D eigenvalue weighted by atomic mass is 10.0. The molecule has 2 amide bonds. The van der Waals surface area contributed by atoms with E-state index in [0.717, 1.165) is 43.5 Å². The van der Waals surface area contributed by atoms with E-state index in [4.69, 9.17) is 5.73 Å². The number of nitrogens with one attached hydrogen (secondary N) is 1. The van der Waals surface area contributed by atoms with Crippen LogP contribution in [-0.2, 0) is 11.0 Å². The van der Waals surface area contributed by atoms with E-state index >= 15 is 0 Å². The molecule has 5 nitrogen and oxygen atoms in total. The number of piperidine rings is 1. The summed E-state index contributed by atoms with van der Waals surface area (Å²) in [6, 6.07) is 3.84. The van der Waals surface area contributed by atoms with E-state index in [0.29, 0.717) is 13.1 Å². The average molecular weight is 380 g/mol. The molecule has 140 valence electrons. The summed E-state index contributed by atoms with van der Waals surface area (Å²) in [5.74, 6) is -0.816. The summed E-state index contributed by atoms with van der Waals surface area (Å²) < 4.78 is 37.5. The van der Waals surface area contributed by atoms with Crippen molar-refractivity contribution in [1.82, 2.24) is 10.2 Å². The Labute approximate surface area is 150 Å². The number of halogens is 4. The van der Waals surface area contributed by atoms with Crippen molar-refractivity contribution in [2.24, 2.45) is 5.73 Å². The molecule has 0 spiro atoms. The van der Waals surface area contributed by atoms with Crippen LogP contribution in [0.4, 0.5) is 13.2 Å². The molecule has 1 aliphatic rings. The predicted molar refractivity (Wildman–Crippen MR) is 89.4 cm³/mol. The van der Waals surface area contributed by atoms with Crippen LogP contribution >= 0.6 is 12.4 Å². The average Bonchev–Trinajstić information content (AvgIpc) is 2.58. The van der Waals surface area contributed by atoms with Crippen LogP contribution in [-0.4, -0.2) is 42.4 Å². The van der Waals surface area contributed by atoms with Crippen LogP contribution < -0.4 is 11.1 Å². The third kappa shape index (κ3) is 5.61. The molecule has 1 heterocycles. The number of hydrogen-bond acceptors (Lipinski definition) is 3. The van der Waals surface area contributed by atoms with Crippen molar-refractivity contribution in [1.29, 1.82) is 0 Å². The first-order valence-electron chi connectivity index (χ1n) is 7.78. The molecule has 1 unspecified atom stereocenters. The van der Waals surface area contributed by atoms with E-state index < -0.39 is 17.6 Å². The van der Waals surface area contributed by atoms with Crippen molar-refractivity contribution in [3.63, 3.8) is 0 Å². The fourth-order valence-corrected chi connectivity index (χ4v) is 2.74. The molecule has 1 atom stereocenters. The van der Waals surface area contributed by atoms with Gasteiger partial charge in [-0.3, -0.25) is 9.59 Å². The summed E-state index contributed by atoms with van der Waals surface area (Å²) in [7, 11) is 0. The van der Waals surface area contributed by atoms with E-state index in [1.165, 1.54) is 0 Å². The molecule has 1 aromatic rings. The number of rotatable bonds is 4. The summed E-state index contributed by atoms with van der Waals surface area (Å²) in [6.07, 6.45) is -1.69. The van der Waals surface area contributed by atoms with Crippen LogP contribution in [0, 0.1) is 0 Å². The molecule has 2 rings (SSSR count). The van der Waals surface area contributed by atoms with Gasteiger partial charge in [0.05, 0.1) is 12.1 Å². The molecular formula is C16H21ClF3N3O2. The lowest BCUT2D eigenvalue weighted by molar-refractivity contribution is -0.137. The fraction of sp³-hybridized carbons (Fsp3) is 0.500. The molecular weight excluding hydrogens is 359 g/mol. The van der Waals surface area contributed by atoms with E-state index in [2.05, 4.69) is 5.32 Å². The minimum Gasteiger partial charge on any atom is -0.343 e. The van der Waals surface area contributed by atoms with Gasteiger partial charge in [0.15, 0.2) is 0 Å². The van der Waals surface area contributed by atoms with Gasteiger partial charge in [0, 0.05) is 24.7 Å². The molecule has 3 N–H and O–H groups in total. The Hall–Kier alpha value is -1.80. The molecule has 9 heteroatoms. The monoisotopic (exact) mass is 379 g/mol. The van der Waals surface area contributed by atoms with Crippen molar-refractivity contribution >= 4 is 24.2 Å². The SMILES string of the molecule is Cl.NCC1CCCCN1C(=O)CNC(=O)c1ccc(C(F)(F)F)cc1. The van der Waals surface area contributed by atoms with Gasteiger partial charge in [0.25, 0.3) is 5.91 Å². The Morgan fingerprint density at radius 3 is 2.40 bits per heavy atom.